The fraction of sp³-hybridized carbons (Fsp3) is 0.500. The molecule has 0 bridgehead atoms. The number of nitrogens with zero attached hydrogens (tertiary/aromatic N) is 4. The lowest BCUT2D eigenvalue weighted by atomic mass is 9.85. The zero-order valence-corrected chi connectivity index (χ0v) is 27.0. The van der Waals surface area contributed by atoms with Gasteiger partial charge >= 0.3 is 12.2 Å². The molecule has 1 aliphatic carbocycles. The lowest BCUT2D eigenvalue weighted by molar-refractivity contribution is -0.137. The highest BCUT2D eigenvalue weighted by Gasteiger charge is 2.50. The number of aromatic nitrogens is 2. The number of rotatable bonds is 6. The van der Waals surface area contributed by atoms with E-state index in [0.29, 0.717) is 37.1 Å². The third-order valence-corrected chi connectivity index (χ3v) is 11.9. The minimum atomic E-state index is -5.08. The summed E-state index contributed by atoms with van der Waals surface area (Å²) < 4.78 is 103. The highest BCUT2D eigenvalue weighted by molar-refractivity contribution is 7.23. The Balaban J connectivity index is 1.30. The van der Waals surface area contributed by atoms with Crippen LogP contribution in [0.15, 0.2) is 18.2 Å². The number of halogens is 6. The molecule has 258 valence electrons. The Kier molecular flexibility index (Phi) is 7.66. The van der Waals surface area contributed by atoms with Crippen LogP contribution < -0.4 is 20.5 Å². The maximum Gasteiger partial charge on any atom is 0.417 e. The molecule has 8 nitrogen and oxygen atoms in total. The van der Waals surface area contributed by atoms with Crippen molar-refractivity contribution in [2.24, 2.45) is 5.41 Å². The molecule has 49 heavy (non-hydrogen) atoms. The first kappa shape index (κ1) is 32.3. The number of hydrogen-bond donors (Lipinski definition) is 2. The summed E-state index contributed by atoms with van der Waals surface area (Å²) in [6.07, 6.45) is -1.61. The van der Waals surface area contributed by atoms with Crippen molar-refractivity contribution in [3.05, 3.63) is 46.8 Å². The van der Waals surface area contributed by atoms with Gasteiger partial charge in [0.05, 0.1) is 32.8 Å². The van der Waals surface area contributed by atoms with E-state index in [-0.39, 0.29) is 74.7 Å². The zero-order chi connectivity index (χ0) is 34.3. The van der Waals surface area contributed by atoms with E-state index in [2.05, 4.69) is 20.1 Å². The smallest absolute Gasteiger partial charge is 0.417 e. The molecule has 4 aromatic rings. The summed E-state index contributed by atoms with van der Waals surface area (Å²) in [7, 11) is 0. The van der Waals surface area contributed by atoms with Crippen LogP contribution in [0.2, 0.25) is 0 Å². The van der Waals surface area contributed by atoms with Crippen LogP contribution in [0.4, 0.5) is 37.0 Å². The van der Waals surface area contributed by atoms with Gasteiger partial charge in [-0.2, -0.15) is 23.1 Å². The number of ether oxygens (including phenoxy) is 2. The highest BCUT2D eigenvalue weighted by Crippen LogP contribution is 2.51. The third kappa shape index (κ3) is 5.34. The second kappa shape index (κ2) is 11.6. The van der Waals surface area contributed by atoms with Crippen LogP contribution in [0.25, 0.3) is 37.0 Å². The van der Waals surface area contributed by atoms with Gasteiger partial charge in [0.2, 0.25) is 11.6 Å². The van der Waals surface area contributed by atoms with E-state index in [1.165, 1.54) is 0 Å². The Hall–Kier alpha value is -3.87. The Morgan fingerprint density at radius 2 is 2.00 bits per heavy atom. The van der Waals surface area contributed by atoms with Crippen molar-refractivity contribution in [1.29, 1.82) is 0 Å². The minimum Gasteiger partial charge on any atom is -0.474 e. The first-order valence-electron chi connectivity index (χ1n) is 16.3. The molecule has 15 heteroatoms. The lowest BCUT2D eigenvalue weighted by Gasteiger charge is -2.30. The molecule has 4 atom stereocenters. The van der Waals surface area contributed by atoms with E-state index >= 15 is 4.39 Å². The normalized spacial score (nSPS) is 27.0. The molecule has 4 fully saturated rings. The van der Waals surface area contributed by atoms with E-state index in [9.17, 15) is 22.0 Å². The van der Waals surface area contributed by atoms with Crippen LogP contribution in [0.1, 0.15) is 50.5 Å². The second-order valence-corrected chi connectivity index (χ2v) is 14.9. The van der Waals surface area contributed by atoms with E-state index < -0.39 is 46.2 Å². The lowest BCUT2D eigenvalue weighted by Crippen LogP contribution is -2.43. The van der Waals surface area contributed by atoms with E-state index in [1.54, 1.807) is 0 Å². The average molecular weight is 703 g/mol. The standard InChI is InChI=1S/C34H32F6N6O2S/c1-42-27-24-19(3-4-22(36)28(24)49-29(27)41)23-21(34(38,39)40)11-20-26(25(23)37)44-31(47-16-33-6-2-10-46(33)14-17(35)12-33)45-30(20)48-18-5-7-32(13-18)8-9-43-15-32/h3-4,11,17-18,43H,2,5-10,12-16,41H2/t17-,18?,32?,33+/m1/s1. The van der Waals surface area contributed by atoms with Crippen molar-refractivity contribution in [2.75, 3.05) is 38.5 Å². The predicted octanol–water partition coefficient (Wildman–Crippen LogP) is 7.81. The average Bonchev–Trinajstić information content (AvgIpc) is 3.87. The molecular weight excluding hydrogens is 670 g/mol. The molecule has 1 spiro atoms. The fourth-order valence-corrected chi connectivity index (χ4v) is 9.50. The Bertz CT molecular complexity index is 2020. The van der Waals surface area contributed by atoms with Gasteiger partial charge in [0.1, 0.15) is 30.2 Å². The van der Waals surface area contributed by atoms with Crippen LogP contribution in [-0.2, 0) is 6.18 Å². The highest BCUT2D eigenvalue weighted by atomic mass is 32.1. The summed E-state index contributed by atoms with van der Waals surface area (Å²) >= 11 is 0.702. The largest absolute Gasteiger partial charge is 0.474 e. The molecular formula is C34H32F6N6O2S. The number of nitrogens with one attached hydrogen (secondary N) is 1. The number of benzene rings is 2. The zero-order valence-electron chi connectivity index (χ0n) is 26.2. The summed E-state index contributed by atoms with van der Waals surface area (Å²) in [5.41, 5.74) is 2.00. The molecule has 2 aromatic heterocycles. The van der Waals surface area contributed by atoms with Gasteiger partial charge in [0.25, 0.3) is 0 Å². The maximum absolute atomic E-state index is 17.0. The van der Waals surface area contributed by atoms with Gasteiger partial charge in [-0.05, 0) is 74.7 Å². The van der Waals surface area contributed by atoms with Crippen molar-refractivity contribution >= 4 is 43.0 Å². The molecule has 3 aliphatic heterocycles. The van der Waals surface area contributed by atoms with Crippen LogP contribution in [0.5, 0.6) is 11.9 Å². The quantitative estimate of drug-likeness (QED) is 0.157. The Morgan fingerprint density at radius 3 is 2.76 bits per heavy atom. The van der Waals surface area contributed by atoms with Gasteiger partial charge in [0.15, 0.2) is 5.82 Å². The van der Waals surface area contributed by atoms with Crippen molar-refractivity contribution < 1.29 is 35.8 Å². The first-order valence-corrected chi connectivity index (χ1v) is 17.1. The van der Waals surface area contributed by atoms with Crippen LogP contribution >= 0.6 is 11.3 Å². The van der Waals surface area contributed by atoms with Gasteiger partial charge in [-0.1, -0.05) is 6.07 Å². The molecule has 1 saturated carbocycles. The van der Waals surface area contributed by atoms with Crippen molar-refractivity contribution in [3.63, 3.8) is 0 Å². The molecule has 3 N–H and O–H groups in total. The summed E-state index contributed by atoms with van der Waals surface area (Å²) in [6, 6.07) is 2.38. The SMILES string of the molecule is [C-]#[N+]c1c(N)sc2c(F)ccc(-c3c(C(F)(F)F)cc4c(OC5CCC6(CCNC6)C5)nc(OC[C@@]56CCCN5C[C@H](F)C6)nc4c3F)c12. The molecule has 2 unspecified atom stereocenters. The minimum absolute atomic E-state index is 0.00676. The number of hydrogen-bond acceptors (Lipinski definition) is 8. The van der Waals surface area contributed by atoms with Crippen LogP contribution in [0.3, 0.4) is 0 Å². The number of alkyl halides is 4. The maximum atomic E-state index is 17.0. The van der Waals surface area contributed by atoms with Gasteiger partial charge < -0.3 is 20.5 Å². The Labute approximate surface area is 281 Å². The fourth-order valence-electron chi connectivity index (χ4n) is 8.56. The summed E-state index contributed by atoms with van der Waals surface area (Å²) in [4.78, 5) is 14.1. The topological polar surface area (TPSA) is 89.9 Å². The molecule has 0 amide bonds. The second-order valence-electron chi connectivity index (χ2n) is 13.8. The molecule has 3 saturated heterocycles. The molecule has 8 rings (SSSR count). The number of fused-ring (bicyclic) bond motifs is 3. The molecule has 2 aromatic carbocycles. The number of nitrogens with two attached hydrogens (primary N) is 1. The number of anilines is 1. The van der Waals surface area contributed by atoms with Crippen LogP contribution in [-0.4, -0.2) is 65.5 Å². The summed E-state index contributed by atoms with van der Waals surface area (Å²) in [6.45, 7) is 10.3. The monoisotopic (exact) mass is 702 g/mol. The van der Waals surface area contributed by atoms with E-state index in [4.69, 9.17) is 21.8 Å². The van der Waals surface area contributed by atoms with Gasteiger partial charge in [0, 0.05) is 30.5 Å². The van der Waals surface area contributed by atoms with Crippen LogP contribution in [0, 0.1) is 23.6 Å². The predicted molar refractivity (Wildman–Crippen MR) is 173 cm³/mol. The van der Waals surface area contributed by atoms with E-state index in [0.717, 1.165) is 50.6 Å². The van der Waals surface area contributed by atoms with Crippen molar-refractivity contribution in [1.82, 2.24) is 20.2 Å². The van der Waals surface area contributed by atoms with Gasteiger partial charge in [-0.3, -0.25) is 4.90 Å². The number of nitrogen functional groups attached to an aromatic ring is 1. The van der Waals surface area contributed by atoms with Gasteiger partial charge in [-0.25, -0.2) is 18.0 Å². The van der Waals surface area contributed by atoms with E-state index in [1.807, 2.05) is 4.90 Å². The Morgan fingerprint density at radius 1 is 1.16 bits per heavy atom. The molecule has 0 radical (unpaired) electrons. The first-order chi connectivity index (χ1) is 23.4. The van der Waals surface area contributed by atoms with Crippen molar-refractivity contribution in [2.45, 2.75) is 68.9 Å². The summed E-state index contributed by atoms with van der Waals surface area (Å²) in [5.74, 6) is -2.41. The molecule has 5 heterocycles. The summed E-state index contributed by atoms with van der Waals surface area (Å²) in [5, 5.41) is 2.75. The molecule has 4 aliphatic rings. The van der Waals surface area contributed by atoms with Crippen molar-refractivity contribution in [3.8, 4) is 23.0 Å². The number of thiophene rings is 1. The third-order valence-electron chi connectivity index (χ3n) is 10.9. The van der Waals surface area contributed by atoms with Gasteiger partial charge in [-0.15, -0.1) is 11.3 Å².